The van der Waals surface area contributed by atoms with Gasteiger partial charge in [-0.3, -0.25) is 14.4 Å². The van der Waals surface area contributed by atoms with Gasteiger partial charge in [-0.15, -0.1) is 0 Å². The molecule has 0 fully saturated rings. The molecular weight excluding hydrogens is 1020 g/mol. The molecule has 0 saturated carbocycles. The van der Waals surface area contributed by atoms with E-state index in [0.717, 1.165) is 89.9 Å². The standard InChI is InChI=1S/C77H138O6/c1-4-7-10-13-16-19-22-25-28-31-33-34-35-36-37-38-39-40-41-42-43-44-45-47-49-52-55-58-61-64-67-70-76(79)82-73-74(72-81-75(78)69-66-63-60-57-54-51-48-30-27-24-21-18-15-12-9-6-3)83-77(80)71-68-65-62-59-56-53-50-46-32-29-26-23-20-17-14-11-8-5-2/h7,10,16,19,25,28-29,32-34,36-37,74H,4-6,8-9,11-15,17-18,20-24,26-27,30-31,35,38-73H2,1-3H3/b10-7-,19-16-,28-25-,32-29-,34-33-,37-36-. The van der Waals surface area contributed by atoms with Crippen molar-refractivity contribution in [3.63, 3.8) is 0 Å². The van der Waals surface area contributed by atoms with Crippen LogP contribution in [0.3, 0.4) is 0 Å². The maximum absolute atomic E-state index is 13.0. The summed E-state index contributed by atoms with van der Waals surface area (Å²) >= 11 is 0. The number of carbonyl (C=O) groups is 3. The van der Waals surface area contributed by atoms with Crippen LogP contribution < -0.4 is 0 Å². The highest BCUT2D eigenvalue weighted by Gasteiger charge is 2.19. The molecule has 0 N–H and O–H groups in total. The molecule has 83 heavy (non-hydrogen) atoms. The zero-order valence-corrected chi connectivity index (χ0v) is 55.5. The first-order valence-corrected chi connectivity index (χ1v) is 36.4. The normalized spacial score (nSPS) is 12.5. The van der Waals surface area contributed by atoms with Gasteiger partial charge in [0.05, 0.1) is 0 Å². The first-order valence-electron chi connectivity index (χ1n) is 36.4. The van der Waals surface area contributed by atoms with Crippen LogP contribution >= 0.6 is 0 Å². The third-order valence-corrected chi connectivity index (χ3v) is 16.2. The lowest BCUT2D eigenvalue weighted by molar-refractivity contribution is -0.167. The monoisotopic (exact) mass is 1160 g/mol. The molecule has 0 aliphatic carbocycles. The minimum Gasteiger partial charge on any atom is -0.462 e. The van der Waals surface area contributed by atoms with Crippen LogP contribution in [0.2, 0.25) is 0 Å². The molecule has 0 rings (SSSR count). The smallest absolute Gasteiger partial charge is 0.306 e. The number of esters is 3. The van der Waals surface area contributed by atoms with Gasteiger partial charge in [0.15, 0.2) is 6.10 Å². The van der Waals surface area contributed by atoms with E-state index in [2.05, 4.69) is 93.7 Å². The van der Waals surface area contributed by atoms with Crippen LogP contribution in [0, 0.1) is 0 Å². The number of unbranched alkanes of at least 4 members (excludes halogenated alkanes) is 44. The fourth-order valence-electron chi connectivity index (χ4n) is 10.8. The second-order valence-corrected chi connectivity index (χ2v) is 24.5. The molecule has 0 aromatic heterocycles. The molecule has 6 nitrogen and oxygen atoms in total. The van der Waals surface area contributed by atoms with E-state index in [1.807, 2.05) is 0 Å². The summed E-state index contributed by atoms with van der Waals surface area (Å²) in [6.45, 7) is 6.59. The van der Waals surface area contributed by atoms with Crippen molar-refractivity contribution in [3.05, 3.63) is 72.9 Å². The number of carbonyl (C=O) groups excluding carboxylic acids is 3. The molecule has 0 bridgehead atoms. The number of ether oxygens (including phenoxy) is 3. The zero-order chi connectivity index (χ0) is 59.9. The Balaban J connectivity index is 4.23. The second-order valence-electron chi connectivity index (χ2n) is 24.5. The maximum Gasteiger partial charge on any atom is 0.306 e. The highest BCUT2D eigenvalue weighted by atomic mass is 16.6. The van der Waals surface area contributed by atoms with Gasteiger partial charge in [-0.05, 0) is 89.9 Å². The SMILES string of the molecule is CC/C=C\C/C=C\C/C=C\C/C=C\C/C=C\CCCCCCCCCCCCCCCCCC(=O)OCC(COC(=O)CCCCCCCCCCCCCCCCCC)OC(=O)CCCCCCCCC/C=C\CCCCCCCCC. The molecule has 0 heterocycles. The number of hydrogen-bond acceptors (Lipinski definition) is 6. The van der Waals surface area contributed by atoms with Crippen molar-refractivity contribution in [2.45, 2.75) is 386 Å². The molecule has 1 atom stereocenters. The van der Waals surface area contributed by atoms with Gasteiger partial charge < -0.3 is 14.2 Å². The van der Waals surface area contributed by atoms with Crippen LogP contribution in [0.15, 0.2) is 72.9 Å². The summed E-state index contributed by atoms with van der Waals surface area (Å²) < 4.78 is 17.0. The Kier molecular flexibility index (Phi) is 68.6. The lowest BCUT2D eigenvalue weighted by Gasteiger charge is -2.18. The van der Waals surface area contributed by atoms with E-state index < -0.39 is 6.10 Å². The van der Waals surface area contributed by atoms with Gasteiger partial charge in [-0.2, -0.15) is 0 Å². The van der Waals surface area contributed by atoms with Crippen LogP contribution in [0.5, 0.6) is 0 Å². The average molecular weight is 1160 g/mol. The predicted molar refractivity (Wildman–Crippen MR) is 362 cm³/mol. The summed E-state index contributed by atoms with van der Waals surface area (Å²) in [5.74, 6) is -0.850. The Labute approximate surface area is 516 Å². The molecule has 0 radical (unpaired) electrons. The van der Waals surface area contributed by atoms with E-state index in [1.165, 1.54) is 250 Å². The van der Waals surface area contributed by atoms with Gasteiger partial charge >= 0.3 is 17.9 Å². The van der Waals surface area contributed by atoms with Crippen molar-refractivity contribution < 1.29 is 28.6 Å². The van der Waals surface area contributed by atoms with E-state index in [9.17, 15) is 14.4 Å². The van der Waals surface area contributed by atoms with Gasteiger partial charge in [0.2, 0.25) is 0 Å². The minimum atomic E-state index is -0.776. The molecular formula is C77H138O6. The van der Waals surface area contributed by atoms with Crippen molar-refractivity contribution in [1.29, 1.82) is 0 Å². The van der Waals surface area contributed by atoms with E-state index in [0.29, 0.717) is 19.3 Å². The van der Waals surface area contributed by atoms with Gasteiger partial charge in [0, 0.05) is 19.3 Å². The van der Waals surface area contributed by atoms with Gasteiger partial charge in [-0.25, -0.2) is 0 Å². The van der Waals surface area contributed by atoms with Crippen LogP contribution in [-0.2, 0) is 28.6 Å². The van der Waals surface area contributed by atoms with Gasteiger partial charge in [-0.1, -0.05) is 344 Å². The van der Waals surface area contributed by atoms with Gasteiger partial charge in [0.25, 0.3) is 0 Å². The lowest BCUT2D eigenvalue weighted by Crippen LogP contribution is -2.30. The first kappa shape index (κ1) is 79.8. The van der Waals surface area contributed by atoms with Crippen LogP contribution in [0.25, 0.3) is 0 Å². The van der Waals surface area contributed by atoms with Crippen molar-refractivity contribution >= 4 is 17.9 Å². The Morgan fingerprint density at radius 1 is 0.253 bits per heavy atom. The summed E-state index contributed by atoms with van der Waals surface area (Å²) in [5, 5.41) is 0. The fraction of sp³-hybridized carbons (Fsp3) is 0.805. The Hall–Kier alpha value is -3.15. The summed E-state index contributed by atoms with van der Waals surface area (Å²) in [5.41, 5.74) is 0. The zero-order valence-electron chi connectivity index (χ0n) is 55.5. The molecule has 0 aliphatic rings. The number of rotatable bonds is 67. The Morgan fingerprint density at radius 3 is 0.747 bits per heavy atom. The third-order valence-electron chi connectivity index (χ3n) is 16.2. The van der Waals surface area contributed by atoms with Crippen molar-refractivity contribution in [3.8, 4) is 0 Å². The van der Waals surface area contributed by atoms with Crippen LogP contribution in [0.4, 0.5) is 0 Å². The Bertz CT molecular complexity index is 1520. The average Bonchev–Trinajstić information content (AvgIpc) is 3.49. The van der Waals surface area contributed by atoms with Crippen molar-refractivity contribution in [1.82, 2.24) is 0 Å². The molecule has 0 spiro atoms. The molecule has 0 aliphatic heterocycles. The highest BCUT2D eigenvalue weighted by Crippen LogP contribution is 2.18. The lowest BCUT2D eigenvalue weighted by atomic mass is 10.0. The van der Waals surface area contributed by atoms with Crippen molar-refractivity contribution in [2.75, 3.05) is 13.2 Å². The second kappa shape index (κ2) is 71.3. The number of allylic oxidation sites excluding steroid dienone is 12. The summed E-state index contributed by atoms with van der Waals surface area (Å²) in [6, 6.07) is 0. The first-order chi connectivity index (χ1) is 41.0. The molecule has 1 unspecified atom stereocenters. The molecule has 0 amide bonds. The molecule has 0 aromatic rings. The summed E-state index contributed by atoms with van der Waals surface area (Å²) in [4.78, 5) is 38.5. The quantitative estimate of drug-likeness (QED) is 0.0261. The van der Waals surface area contributed by atoms with Crippen LogP contribution in [0.1, 0.15) is 380 Å². The largest absolute Gasteiger partial charge is 0.462 e. The maximum atomic E-state index is 13.0. The summed E-state index contributed by atoms with van der Waals surface area (Å²) in [7, 11) is 0. The molecule has 6 heteroatoms. The molecule has 0 aromatic carbocycles. The molecule has 482 valence electrons. The van der Waals surface area contributed by atoms with E-state index in [-0.39, 0.29) is 31.1 Å². The van der Waals surface area contributed by atoms with E-state index in [4.69, 9.17) is 14.2 Å². The minimum absolute atomic E-state index is 0.0709. The predicted octanol–water partition coefficient (Wildman–Crippen LogP) is 25.2. The van der Waals surface area contributed by atoms with Gasteiger partial charge in [0.1, 0.15) is 13.2 Å². The van der Waals surface area contributed by atoms with Crippen LogP contribution in [-0.4, -0.2) is 37.2 Å². The molecule has 0 saturated heterocycles. The van der Waals surface area contributed by atoms with E-state index >= 15 is 0 Å². The third kappa shape index (κ3) is 69.5. The number of hydrogen-bond donors (Lipinski definition) is 0. The Morgan fingerprint density at radius 2 is 0.470 bits per heavy atom. The van der Waals surface area contributed by atoms with Crippen molar-refractivity contribution in [2.24, 2.45) is 0 Å². The van der Waals surface area contributed by atoms with E-state index in [1.54, 1.807) is 0 Å². The fourth-order valence-corrected chi connectivity index (χ4v) is 10.8. The topological polar surface area (TPSA) is 78.9 Å². The summed E-state index contributed by atoms with van der Waals surface area (Å²) in [6.07, 6.45) is 93.6. The highest BCUT2D eigenvalue weighted by molar-refractivity contribution is 5.71.